The molecule has 0 aliphatic carbocycles. The Morgan fingerprint density at radius 2 is 1.86 bits per heavy atom. The van der Waals surface area contributed by atoms with Crippen molar-refractivity contribution in [3.05, 3.63) is 83.4 Å². The highest BCUT2D eigenvalue weighted by Crippen LogP contribution is 2.22. The average molecular weight is 392 g/mol. The molecule has 0 spiro atoms. The number of amides is 2. The summed E-state index contributed by atoms with van der Waals surface area (Å²) in [7, 11) is 3.47. The fraction of sp³-hybridized carbons (Fsp3) is 0.227. The van der Waals surface area contributed by atoms with Gasteiger partial charge in [0.15, 0.2) is 0 Å². The minimum Gasteiger partial charge on any atom is -0.497 e. The van der Waals surface area contributed by atoms with Crippen molar-refractivity contribution in [3.8, 4) is 5.75 Å². The second kappa shape index (κ2) is 9.05. The Morgan fingerprint density at radius 1 is 1.14 bits per heavy atom. The molecule has 0 fully saturated rings. The lowest BCUT2D eigenvalue weighted by Crippen LogP contribution is -2.39. The summed E-state index contributed by atoms with van der Waals surface area (Å²) in [5, 5.41) is 5.63. The van der Waals surface area contributed by atoms with Crippen molar-refractivity contribution in [3.63, 3.8) is 0 Å². The summed E-state index contributed by atoms with van der Waals surface area (Å²) in [5.41, 5.74) is 2.27. The largest absolute Gasteiger partial charge is 0.497 e. The van der Waals surface area contributed by atoms with Crippen LogP contribution in [0.15, 0.2) is 60.9 Å². The summed E-state index contributed by atoms with van der Waals surface area (Å²) < 4.78 is 7.05. The molecule has 2 N–H and O–H groups in total. The minimum absolute atomic E-state index is 0.135. The highest BCUT2D eigenvalue weighted by Gasteiger charge is 2.21. The van der Waals surface area contributed by atoms with Gasteiger partial charge in [-0.25, -0.2) is 4.98 Å². The smallest absolute Gasteiger partial charge is 0.251 e. The molecule has 0 saturated carbocycles. The van der Waals surface area contributed by atoms with E-state index in [1.165, 1.54) is 0 Å². The quantitative estimate of drug-likeness (QED) is 0.646. The Kier molecular flexibility index (Phi) is 6.29. The van der Waals surface area contributed by atoms with Crippen LogP contribution in [0, 0.1) is 6.92 Å². The van der Waals surface area contributed by atoms with Gasteiger partial charge >= 0.3 is 0 Å². The zero-order valence-electron chi connectivity index (χ0n) is 16.7. The summed E-state index contributed by atoms with van der Waals surface area (Å²) in [4.78, 5) is 29.3. The van der Waals surface area contributed by atoms with Crippen LogP contribution in [0.4, 0.5) is 0 Å². The highest BCUT2D eigenvalue weighted by atomic mass is 16.5. The Balaban J connectivity index is 1.72. The van der Waals surface area contributed by atoms with Gasteiger partial charge < -0.3 is 19.9 Å². The molecule has 7 heteroatoms. The van der Waals surface area contributed by atoms with E-state index in [0.29, 0.717) is 11.4 Å². The Hall–Kier alpha value is -3.61. The van der Waals surface area contributed by atoms with Crippen LogP contribution in [0.25, 0.3) is 0 Å². The van der Waals surface area contributed by atoms with Gasteiger partial charge in [-0.05, 0) is 36.2 Å². The molecule has 0 saturated heterocycles. The first-order chi connectivity index (χ1) is 14.0. The first-order valence-electron chi connectivity index (χ1n) is 9.24. The predicted octanol–water partition coefficient (Wildman–Crippen LogP) is 2.37. The minimum atomic E-state index is -0.455. The molecule has 1 unspecified atom stereocenters. The van der Waals surface area contributed by atoms with Crippen LogP contribution in [-0.2, 0) is 11.8 Å². The van der Waals surface area contributed by atoms with Gasteiger partial charge in [0.1, 0.15) is 17.6 Å². The first kappa shape index (κ1) is 20.1. The first-order valence-corrected chi connectivity index (χ1v) is 9.24. The summed E-state index contributed by atoms with van der Waals surface area (Å²) in [6.07, 6.45) is 3.50. The number of imidazole rings is 1. The summed E-state index contributed by atoms with van der Waals surface area (Å²) in [5.74, 6) is 0.824. The molecule has 2 amide bonds. The second-order valence-corrected chi connectivity index (χ2v) is 6.67. The number of ether oxygens (including phenoxy) is 1. The lowest BCUT2D eigenvalue weighted by atomic mass is 10.1. The number of carbonyl (C=O) groups excluding carboxylic acids is 2. The van der Waals surface area contributed by atoms with Gasteiger partial charge in [-0.3, -0.25) is 9.59 Å². The van der Waals surface area contributed by atoms with Crippen LogP contribution in [0.5, 0.6) is 5.75 Å². The maximum Gasteiger partial charge on any atom is 0.251 e. The van der Waals surface area contributed by atoms with Crippen molar-refractivity contribution in [2.24, 2.45) is 7.05 Å². The van der Waals surface area contributed by atoms with E-state index in [2.05, 4.69) is 15.6 Å². The molecule has 2 aromatic carbocycles. The zero-order chi connectivity index (χ0) is 20.8. The van der Waals surface area contributed by atoms with Gasteiger partial charge in [-0.2, -0.15) is 0 Å². The Labute approximate surface area is 169 Å². The number of hydrogen-bond acceptors (Lipinski definition) is 4. The third-order valence-electron chi connectivity index (χ3n) is 4.67. The maximum absolute atomic E-state index is 12.6. The van der Waals surface area contributed by atoms with Crippen molar-refractivity contribution < 1.29 is 14.3 Å². The van der Waals surface area contributed by atoms with E-state index in [1.807, 2.05) is 61.1 Å². The van der Waals surface area contributed by atoms with Crippen LogP contribution in [0.1, 0.15) is 33.4 Å². The van der Waals surface area contributed by atoms with Crippen LogP contribution in [0.2, 0.25) is 0 Å². The van der Waals surface area contributed by atoms with Crippen LogP contribution >= 0.6 is 0 Å². The number of methoxy groups -OCH3 is 1. The lowest BCUT2D eigenvalue weighted by molar-refractivity contribution is -0.120. The molecule has 3 rings (SSSR count). The van der Waals surface area contributed by atoms with E-state index < -0.39 is 6.04 Å². The maximum atomic E-state index is 12.6. The van der Waals surface area contributed by atoms with E-state index in [1.54, 1.807) is 25.4 Å². The van der Waals surface area contributed by atoms with Gasteiger partial charge in [0.05, 0.1) is 13.7 Å². The molecular weight excluding hydrogens is 368 g/mol. The predicted molar refractivity (Wildman–Crippen MR) is 110 cm³/mol. The van der Waals surface area contributed by atoms with E-state index in [-0.39, 0.29) is 18.4 Å². The molecule has 1 atom stereocenters. The molecule has 29 heavy (non-hydrogen) atoms. The normalized spacial score (nSPS) is 11.6. The standard InChI is InChI=1S/C22H24N4O3/c1-15-6-4-5-7-18(15)22(28)24-14-19(27)25-20(21-23-12-13-26(21)2)16-8-10-17(29-3)11-9-16/h4-13,20H,14H2,1-3H3,(H,24,28)(H,25,27). The van der Waals surface area contributed by atoms with Gasteiger partial charge in [0.2, 0.25) is 5.91 Å². The molecule has 0 radical (unpaired) electrons. The van der Waals surface area contributed by atoms with E-state index >= 15 is 0 Å². The Bertz CT molecular complexity index is 995. The number of hydrogen-bond donors (Lipinski definition) is 2. The van der Waals surface area contributed by atoms with E-state index in [9.17, 15) is 9.59 Å². The molecular formula is C22H24N4O3. The fourth-order valence-corrected chi connectivity index (χ4v) is 3.04. The van der Waals surface area contributed by atoms with Gasteiger partial charge in [-0.1, -0.05) is 30.3 Å². The molecule has 0 aliphatic heterocycles. The lowest BCUT2D eigenvalue weighted by Gasteiger charge is -2.19. The number of aromatic nitrogens is 2. The number of benzene rings is 2. The molecule has 3 aromatic rings. The zero-order valence-corrected chi connectivity index (χ0v) is 16.7. The van der Waals surface area contributed by atoms with Crippen LogP contribution in [-0.4, -0.2) is 35.0 Å². The van der Waals surface area contributed by atoms with E-state index in [4.69, 9.17) is 4.74 Å². The van der Waals surface area contributed by atoms with Crippen molar-refractivity contribution in [2.75, 3.05) is 13.7 Å². The number of rotatable bonds is 7. The summed E-state index contributed by atoms with van der Waals surface area (Å²) in [6, 6.07) is 14.2. The van der Waals surface area contributed by atoms with Crippen molar-refractivity contribution >= 4 is 11.8 Å². The average Bonchev–Trinajstić information content (AvgIpc) is 3.16. The van der Waals surface area contributed by atoms with Crippen molar-refractivity contribution in [2.45, 2.75) is 13.0 Å². The van der Waals surface area contributed by atoms with Crippen LogP contribution < -0.4 is 15.4 Å². The monoisotopic (exact) mass is 392 g/mol. The summed E-state index contributed by atoms with van der Waals surface area (Å²) >= 11 is 0. The SMILES string of the molecule is COc1ccc(C(NC(=O)CNC(=O)c2ccccc2C)c2nccn2C)cc1. The molecule has 0 aliphatic rings. The number of aryl methyl sites for hydroxylation is 2. The van der Waals surface area contributed by atoms with E-state index in [0.717, 1.165) is 16.9 Å². The number of carbonyl (C=O) groups is 2. The fourth-order valence-electron chi connectivity index (χ4n) is 3.04. The number of nitrogens with one attached hydrogen (secondary N) is 2. The highest BCUT2D eigenvalue weighted by molar-refractivity contribution is 5.97. The van der Waals surface area contributed by atoms with Crippen molar-refractivity contribution in [1.82, 2.24) is 20.2 Å². The molecule has 0 bridgehead atoms. The van der Waals surface area contributed by atoms with Crippen molar-refractivity contribution in [1.29, 1.82) is 0 Å². The second-order valence-electron chi connectivity index (χ2n) is 6.67. The Morgan fingerprint density at radius 3 is 2.48 bits per heavy atom. The molecule has 150 valence electrons. The molecule has 1 heterocycles. The van der Waals surface area contributed by atoms with Gasteiger partial charge in [-0.15, -0.1) is 0 Å². The van der Waals surface area contributed by atoms with Crippen LogP contribution in [0.3, 0.4) is 0 Å². The molecule has 7 nitrogen and oxygen atoms in total. The molecule has 1 aromatic heterocycles. The topological polar surface area (TPSA) is 85.2 Å². The summed E-state index contributed by atoms with van der Waals surface area (Å²) in [6.45, 7) is 1.72. The number of nitrogens with zero attached hydrogens (tertiary/aromatic N) is 2. The third kappa shape index (κ3) is 4.82. The van der Waals surface area contributed by atoms with Gasteiger partial charge in [0, 0.05) is 25.0 Å². The van der Waals surface area contributed by atoms with Gasteiger partial charge in [0.25, 0.3) is 5.91 Å². The third-order valence-corrected chi connectivity index (χ3v) is 4.67.